The van der Waals surface area contributed by atoms with Crippen molar-refractivity contribution < 1.29 is 0 Å². The molecule has 2 saturated heterocycles. The van der Waals surface area contributed by atoms with E-state index in [0.717, 1.165) is 39.3 Å². The molecule has 0 spiro atoms. The normalized spacial score (nSPS) is 24.6. The third-order valence-electron chi connectivity index (χ3n) is 5.00. The van der Waals surface area contributed by atoms with Crippen LogP contribution in [0.25, 0.3) is 0 Å². The van der Waals surface area contributed by atoms with Gasteiger partial charge in [-0.1, -0.05) is 25.1 Å². The van der Waals surface area contributed by atoms with Crippen LogP contribution in [0.3, 0.4) is 0 Å². The molecule has 1 N–H and O–H groups in total. The molecule has 2 heterocycles. The third kappa shape index (κ3) is 3.80. The first-order valence-corrected chi connectivity index (χ1v) is 8.77. The highest BCUT2D eigenvalue weighted by Crippen LogP contribution is 2.23. The van der Waals surface area contributed by atoms with Gasteiger partial charge in [-0.3, -0.25) is 4.90 Å². The number of hydrogen-bond acceptors (Lipinski definition) is 4. The topological polar surface area (TPSA) is 21.8 Å². The average molecular weight is 302 g/mol. The van der Waals surface area contributed by atoms with Crippen molar-refractivity contribution >= 4 is 5.69 Å². The van der Waals surface area contributed by atoms with Crippen LogP contribution >= 0.6 is 0 Å². The molecule has 0 aromatic heterocycles. The van der Waals surface area contributed by atoms with E-state index in [9.17, 15) is 0 Å². The molecule has 0 saturated carbocycles. The van der Waals surface area contributed by atoms with E-state index in [1.54, 1.807) is 0 Å². The molecule has 0 unspecified atom stereocenters. The predicted molar refractivity (Wildman–Crippen MR) is 93.5 cm³/mol. The number of nitrogens with zero attached hydrogens (tertiary/aromatic N) is 3. The lowest BCUT2D eigenvalue weighted by atomic mass is 10.1. The summed E-state index contributed by atoms with van der Waals surface area (Å²) >= 11 is 0. The van der Waals surface area contributed by atoms with Gasteiger partial charge in [0.1, 0.15) is 0 Å². The zero-order chi connectivity index (χ0) is 15.4. The minimum Gasteiger partial charge on any atom is -0.369 e. The number of anilines is 1. The highest BCUT2D eigenvalue weighted by atomic mass is 15.3. The van der Waals surface area contributed by atoms with E-state index in [4.69, 9.17) is 0 Å². The highest BCUT2D eigenvalue weighted by Gasteiger charge is 2.20. The monoisotopic (exact) mass is 302 g/mol. The van der Waals surface area contributed by atoms with Crippen LogP contribution in [0.15, 0.2) is 24.3 Å². The van der Waals surface area contributed by atoms with Crippen LogP contribution in [0.1, 0.15) is 19.4 Å². The van der Waals surface area contributed by atoms with Crippen LogP contribution in [-0.4, -0.2) is 68.2 Å². The average Bonchev–Trinajstić information content (AvgIpc) is 2.56. The molecule has 0 bridgehead atoms. The van der Waals surface area contributed by atoms with Gasteiger partial charge < -0.3 is 15.1 Å². The molecule has 0 aliphatic carbocycles. The largest absolute Gasteiger partial charge is 0.369 e. The number of piperazine rings is 2. The molecule has 0 amide bonds. The maximum atomic E-state index is 3.53. The minimum absolute atomic E-state index is 0.606. The number of rotatable bonds is 4. The van der Waals surface area contributed by atoms with Gasteiger partial charge in [0.2, 0.25) is 0 Å². The minimum atomic E-state index is 0.606. The molecular weight excluding hydrogens is 272 g/mol. The Bertz CT molecular complexity index is 468. The first-order valence-electron chi connectivity index (χ1n) is 8.77. The molecule has 4 nitrogen and oxygen atoms in total. The summed E-state index contributed by atoms with van der Waals surface area (Å²) in [6.07, 6.45) is 0. The van der Waals surface area contributed by atoms with Crippen LogP contribution in [-0.2, 0) is 6.54 Å². The van der Waals surface area contributed by atoms with E-state index in [-0.39, 0.29) is 0 Å². The fraction of sp³-hybridized carbons (Fsp3) is 0.667. The second-order valence-electron chi connectivity index (χ2n) is 6.64. The van der Waals surface area contributed by atoms with Gasteiger partial charge in [0.15, 0.2) is 0 Å². The van der Waals surface area contributed by atoms with Crippen molar-refractivity contribution in [2.45, 2.75) is 26.4 Å². The predicted octanol–water partition coefficient (Wildman–Crippen LogP) is 1.62. The molecule has 1 aromatic carbocycles. The van der Waals surface area contributed by atoms with Crippen molar-refractivity contribution in [2.24, 2.45) is 0 Å². The Morgan fingerprint density at radius 2 is 1.82 bits per heavy atom. The van der Waals surface area contributed by atoms with Crippen molar-refractivity contribution in [1.29, 1.82) is 0 Å². The summed E-state index contributed by atoms with van der Waals surface area (Å²) in [4.78, 5) is 7.70. The summed E-state index contributed by atoms with van der Waals surface area (Å²) in [5.74, 6) is 0. The fourth-order valence-corrected chi connectivity index (χ4v) is 3.65. The molecule has 22 heavy (non-hydrogen) atoms. The van der Waals surface area contributed by atoms with Gasteiger partial charge in [0.25, 0.3) is 0 Å². The Hall–Kier alpha value is -1.10. The Morgan fingerprint density at radius 3 is 2.55 bits per heavy atom. The van der Waals surface area contributed by atoms with Crippen molar-refractivity contribution in [1.82, 2.24) is 15.1 Å². The molecule has 0 radical (unpaired) electrons. The summed E-state index contributed by atoms with van der Waals surface area (Å²) < 4.78 is 0. The standard InChI is InChI=1S/C18H30N4/c1-3-20-10-12-22(13-11-20)18-7-5-4-6-17(18)15-21-9-8-19-16(2)14-21/h4-7,16,19H,3,8-15H2,1-2H3/t16-/m1/s1. The molecule has 2 aliphatic rings. The smallest absolute Gasteiger partial charge is 0.0412 e. The lowest BCUT2D eigenvalue weighted by molar-refractivity contribution is 0.199. The Balaban J connectivity index is 1.67. The lowest BCUT2D eigenvalue weighted by Gasteiger charge is -2.37. The zero-order valence-electron chi connectivity index (χ0n) is 14.1. The SMILES string of the molecule is CCN1CCN(c2ccccc2CN2CCN[C@H](C)C2)CC1. The van der Waals surface area contributed by atoms with Crippen molar-refractivity contribution in [3.05, 3.63) is 29.8 Å². The first-order chi connectivity index (χ1) is 10.8. The number of likely N-dealkylation sites (N-methyl/N-ethyl adjacent to an activating group) is 1. The Morgan fingerprint density at radius 1 is 1.05 bits per heavy atom. The molecule has 4 heteroatoms. The van der Waals surface area contributed by atoms with Crippen LogP contribution in [0, 0.1) is 0 Å². The fourth-order valence-electron chi connectivity index (χ4n) is 3.65. The van der Waals surface area contributed by atoms with E-state index in [1.807, 2.05) is 0 Å². The van der Waals surface area contributed by atoms with Gasteiger partial charge in [-0.25, -0.2) is 0 Å². The molecule has 3 rings (SSSR count). The summed E-state index contributed by atoms with van der Waals surface area (Å²) in [5.41, 5.74) is 2.94. The molecule has 2 fully saturated rings. The second-order valence-corrected chi connectivity index (χ2v) is 6.64. The van der Waals surface area contributed by atoms with Crippen molar-refractivity contribution in [3.63, 3.8) is 0 Å². The summed E-state index contributed by atoms with van der Waals surface area (Å²) in [6.45, 7) is 14.9. The van der Waals surface area contributed by atoms with E-state index >= 15 is 0 Å². The lowest BCUT2D eigenvalue weighted by Crippen LogP contribution is -2.49. The molecule has 2 aliphatic heterocycles. The summed E-state index contributed by atoms with van der Waals surface area (Å²) in [5, 5.41) is 3.53. The second kappa shape index (κ2) is 7.44. The summed E-state index contributed by atoms with van der Waals surface area (Å²) in [6, 6.07) is 9.60. The number of hydrogen-bond donors (Lipinski definition) is 1. The number of benzene rings is 1. The first kappa shape index (κ1) is 15.8. The van der Waals surface area contributed by atoms with E-state index < -0.39 is 0 Å². The van der Waals surface area contributed by atoms with E-state index in [2.05, 4.69) is 58.1 Å². The van der Waals surface area contributed by atoms with Crippen LogP contribution in [0.5, 0.6) is 0 Å². The van der Waals surface area contributed by atoms with Gasteiger partial charge in [0.05, 0.1) is 0 Å². The Labute approximate surface area is 135 Å². The van der Waals surface area contributed by atoms with Crippen LogP contribution in [0.4, 0.5) is 5.69 Å². The van der Waals surface area contributed by atoms with Crippen molar-refractivity contribution in [3.8, 4) is 0 Å². The van der Waals surface area contributed by atoms with E-state index in [1.165, 1.54) is 30.9 Å². The maximum Gasteiger partial charge on any atom is 0.0412 e. The van der Waals surface area contributed by atoms with Gasteiger partial charge in [-0.2, -0.15) is 0 Å². The highest BCUT2D eigenvalue weighted by molar-refractivity contribution is 5.54. The van der Waals surface area contributed by atoms with Gasteiger partial charge in [0, 0.05) is 64.1 Å². The van der Waals surface area contributed by atoms with Crippen LogP contribution < -0.4 is 10.2 Å². The maximum absolute atomic E-state index is 3.53. The summed E-state index contributed by atoms with van der Waals surface area (Å²) in [7, 11) is 0. The molecular formula is C18H30N4. The quantitative estimate of drug-likeness (QED) is 0.912. The van der Waals surface area contributed by atoms with Gasteiger partial charge >= 0.3 is 0 Å². The van der Waals surface area contributed by atoms with Gasteiger partial charge in [-0.05, 0) is 25.1 Å². The zero-order valence-corrected chi connectivity index (χ0v) is 14.1. The number of para-hydroxylation sites is 1. The third-order valence-corrected chi connectivity index (χ3v) is 5.00. The molecule has 122 valence electrons. The van der Waals surface area contributed by atoms with Crippen molar-refractivity contribution in [2.75, 3.05) is 57.3 Å². The van der Waals surface area contributed by atoms with E-state index in [0.29, 0.717) is 6.04 Å². The number of nitrogens with one attached hydrogen (secondary N) is 1. The Kier molecular flexibility index (Phi) is 5.34. The molecule has 1 atom stereocenters. The molecule has 1 aromatic rings. The van der Waals surface area contributed by atoms with Gasteiger partial charge in [-0.15, -0.1) is 0 Å². The van der Waals surface area contributed by atoms with Crippen LogP contribution in [0.2, 0.25) is 0 Å².